The summed E-state index contributed by atoms with van der Waals surface area (Å²) in [5.74, 6) is 0.0484. The van der Waals surface area contributed by atoms with Crippen LogP contribution < -0.4 is 4.90 Å². The quantitative estimate of drug-likeness (QED) is 0.930. The van der Waals surface area contributed by atoms with Crippen molar-refractivity contribution in [2.75, 3.05) is 18.0 Å². The predicted molar refractivity (Wildman–Crippen MR) is 73.5 cm³/mol. The van der Waals surface area contributed by atoms with E-state index in [4.69, 9.17) is 5.11 Å². The average Bonchev–Trinajstić information content (AvgIpc) is 2.94. The van der Waals surface area contributed by atoms with E-state index < -0.39 is 5.97 Å². The maximum absolute atomic E-state index is 10.9. The van der Waals surface area contributed by atoms with Gasteiger partial charge in [-0.2, -0.15) is 9.61 Å². The lowest BCUT2D eigenvalue weighted by atomic mass is 10.3. The molecule has 0 atom stereocenters. The third kappa shape index (κ3) is 2.42. The molecule has 6 nitrogen and oxygen atoms in total. The lowest BCUT2D eigenvalue weighted by Crippen LogP contribution is -2.22. The Labute approximate surface area is 118 Å². The Bertz CT molecular complexity index is 634. The van der Waals surface area contributed by atoms with Gasteiger partial charge in [-0.1, -0.05) is 0 Å². The van der Waals surface area contributed by atoms with E-state index in [1.165, 1.54) is 0 Å². The zero-order valence-electron chi connectivity index (χ0n) is 10.2. The molecule has 3 heterocycles. The van der Waals surface area contributed by atoms with E-state index in [1.807, 2.05) is 6.07 Å². The summed E-state index contributed by atoms with van der Waals surface area (Å²) in [5, 5.41) is 13.3. The van der Waals surface area contributed by atoms with Gasteiger partial charge >= 0.3 is 5.97 Å². The molecule has 7 heteroatoms. The van der Waals surface area contributed by atoms with Gasteiger partial charge in [-0.05, 0) is 28.8 Å². The Morgan fingerprint density at radius 1 is 1.37 bits per heavy atom. The van der Waals surface area contributed by atoms with Gasteiger partial charge in [0.2, 0.25) is 0 Å². The first-order valence-electron chi connectivity index (χ1n) is 6.15. The number of nitrogens with zero attached hydrogens (tertiary/aromatic N) is 4. The third-order valence-electron chi connectivity index (χ3n) is 3.19. The van der Waals surface area contributed by atoms with Gasteiger partial charge in [-0.25, -0.2) is 4.98 Å². The molecule has 0 aromatic carbocycles. The first kappa shape index (κ1) is 12.4. The number of rotatable bonds is 3. The number of aliphatic carboxylic acids is 1. The minimum Gasteiger partial charge on any atom is -0.481 e. The van der Waals surface area contributed by atoms with Crippen LogP contribution in [0.5, 0.6) is 0 Å². The molecule has 0 amide bonds. The van der Waals surface area contributed by atoms with Crippen LogP contribution in [0.2, 0.25) is 0 Å². The first-order valence-corrected chi connectivity index (χ1v) is 6.95. The van der Waals surface area contributed by atoms with E-state index in [-0.39, 0.29) is 6.42 Å². The molecule has 2 aromatic heterocycles. The number of carboxylic acids is 1. The van der Waals surface area contributed by atoms with Crippen molar-refractivity contribution < 1.29 is 9.90 Å². The number of fused-ring (bicyclic) bond motifs is 1. The highest BCUT2D eigenvalue weighted by atomic mass is 79.9. The SMILES string of the molecule is O=C(O)Cc1cc(N2CCCC2)n2nc(Br)cc2n1. The van der Waals surface area contributed by atoms with Gasteiger partial charge in [0.05, 0.1) is 12.1 Å². The number of anilines is 1. The van der Waals surface area contributed by atoms with Crippen LogP contribution in [0.4, 0.5) is 5.82 Å². The molecule has 0 bridgehead atoms. The van der Waals surface area contributed by atoms with Gasteiger partial charge in [0.1, 0.15) is 10.4 Å². The summed E-state index contributed by atoms with van der Waals surface area (Å²) < 4.78 is 2.47. The Kier molecular flexibility index (Phi) is 3.14. The summed E-state index contributed by atoms with van der Waals surface area (Å²) in [6, 6.07) is 3.62. The number of hydrogen-bond donors (Lipinski definition) is 1. The van der Waals surface area contributed by atoms with Crippen molar-refractivity contribution in [1.29, 1.82) is 0 Å². The van der Waals surface area contributed by atoms with Gasteiger partial charge in [0, 0.05) is 25.2 Å². The second kappa shape index (κ2) is 4.80. The Balaban J connectivity index is 2.12. The molecule has 0 radical (unpaired) electrons. The lowest BCUT2D eigenvalue weighted by molar-refractivity contribution is -0.136. The molecule has 0 unspecified atom stereocenters. The van der Waals surface area contributed by atoms with Crippen LogP contribution >= 0.6 is 15.9 Å². The number of halogens is 1. The summed E-state index contributed by atoms with van der Waals surface area (Å²) in [4.78, 5) is 17.4. The monoisotopic (exact) mass is 324 g/mol. The largest absolute Gasteiger partial charge is 0.481 e. The maximum Gasteiger partial charge on any atom is 0.309 e. The Hall–Kier alpha value is -1.63. The van der Waals surface area contributed by atoms with Crippen molar-refractivity contribution in [3.8, 4) is 0 Å². The lowest BCUT2D eigenvalue weighted by Gasteiger charge is -2.19. The number of aromatic nitrogens is 3. The van der Waals surface area contributed by atoms with Crippen molar-refractivity contribution >= 4 is 33.4 Å². The average molecular weight is 325 g/mol. The fourth-order valence-electron chi connectivity index (χ4n) is 2.40. The third-order valence-corrected chi connectivity index (χ3v) is 3.58. The van der Waals surface area contributed by atoms with E-state index >= 15 is 0 Å². The second-order valence-corrected chi connectivity index (χ2v) is 5.42. The molecule has 1 aliphatic rings. The van der Waals surface area contributed by atoms with E-state index in [0.29, 0.717) is 15.9 Å². The summed E-state index contributed by atoms with van der Waals surface area (Å²) in [6.45, 7) is 1.95. The normalized spacial score (nSPS) is 15.3. The highest BCUT2D eigenvalue weighted by molar-refractivity contribution is 9.10. The predicted octanol–water partition coefficient (Wildman–Crippen LogP) is 1.72. The van der Waals surface area contributed by atoms with Gasteiger partial charge in [-0.15, -0.1) is 0 Å². The molecular weight excluding hydrogens is 312 g/mol. The molecule has 100 valence electrons. The first-order chi connectivity index (χ1) is 9.13. The fourth-order valence-corrected chi connectivity index (χ4v) is 2.76. The van der Waals surface area contributed by atoms with Gasteiger partial charge < -0.3 is 10.0 Å². The fraction of sp³-hybridized carbons (Fsp3) is 0.417. The Morgan fingerprint density at radius 2 is 2.11 bits per heavy atom. The summed E-state index contributed by atoms with van der Waals surface area (Å²) in [7, 11) is 0. The van der Waals surface area contributed by atoms with Crippen LogP contribution in [0.15, 0.2) is 16.7 Å². The molecule has 1 fully saturated rings. The summed E-state index contributed by atoms with van der Waals surface area (Å²) in [6.07, 6.45) is 2.24. The van der Waals surface area contributed by atoms with E-state index in [1.54, 1.807) is 10.6 Å². The molecule has 0 aliphatic carbocycles. The van der Waals surface area contributed by atoms with E-state index in [0.717, 1.165) is 31.7 Å². The molecule has 1 aliphatic heterocycles. The topological polar surface area (TPSA) is 70.7 Å². The molecule has 1 N–H and O–H groups in total. The van der Waals surface area contributed by atoms with E-state index in [9.17, 15) is 4.79 Å². The number of carbonyl (C=O) groups is 1. The zero-order chi connectivity index (χ0) is 13.4. The van der Waals surface area contributed by atoms with Crippen LogP contribution in [0.3, 0.4) is 0 Å². The summed E-state index contributed by atoms with van der Waals surface area (Å²) >= 11 is 3.34. The number of hydrogen-bond acceptors (Lipinski definition) is 4. The van der Waals surface area contributed by atoms with Crippen LogP contribution in [0.1, 0.15) is 18.5 Å². The van der Waals surface area contributed by atoms with Crippen LogP contribution in [0, 0.1) is 0 Å². The maximum atomic E-state index is 10.9. The van der Waals surface area contributed by atoms with Crippen molar-refractivity contribution in [3.05, 3.63) is 22.4 Å². The van der Waals surface area contributed by atoms with Gasteiger partial charge in [0.25, 0.3) is 0 Å². The van der Waals surface area contributed by atoms with Crippen molar-refractivity contribution in [2.24, 2.45) is 0 Å². The zero-order valence-corrected chi connectivity index (χ0v) is 11.8. The highest BCUT2D eigenvalue weighted by Crippen LogP contribution is 2.23. The van der Waals surface area contributed by atoms with Crippen LogP contribution in [-0.4, -0.2) is 38.8 Å². The standard InChI is InChI=1S/C12H13BrN4O2/c13-9-7-10-14-8(6-12(18)19)5-11(17(10)15-9)16-3-1-2-4-16/h5,7H,1-4,6H2,(H,18,19). The molecule has 3 rings (SSSR count). The molecule has 0 spiro atoms. The molecule has 2 aromatic rings. The van der Waals surface area contributed by atoms with Crippen LogP contribution in [0.25, 0.3) is 5.65 Å². The summed E-state index contributed by atoms with van der Waals surface area (Å²) in [5.41, 5.74) is 1.24. The van der Waals surface area contributed by atoms with Crippen molar-refractivity contribution in [3.63, 3.8) is 0 Å². The van der Waals surface area contributed by atoms with Gasteiger partial charge in [-0.3, -0.25) is 4.79 Å². The minimum absolute atomic E-state index is 0.0693. The van der Waals surface area contributed by atoms with Gasteiger partial charge in [0.15, 0.2) is 5.65 Å². The van der Waals surface area contributed by atoms with Crippen molar-refractivity contribution in [1.82, 2.24) is 14.6 Å². The second-order valence-electron chi connectivity index (χ2n) is 4.61. The minimum atomic E-state index is -0.872. The van der Waals surface area contributed by atoms with E-state index in [2.05, 4.69) is 30.9 Å². The van der Waals surface area contributed by atoms with Crippen molar-refractivity contribution in [2.45, 2.75) is 19.3 Å². The smallest absolute Gasteiger partial charge is 0.309 e. The molecule has 19 heavy (non-hydrogen) atoms. The molecular formula is C12H13BrN4O2. The van der Waals surface area contributed by atoms with Crippen LogP contribution in [-0.2, 0) is 11.2 Å². The number of carboxylic acid groups (broad SMARTS) is 1. The highest BCUT2D eigenvalue weighted by Gasteiger charge is 2.18. The molecule has 1 saturated heterocycles. The molecule has 0 saturated carbocycles. The Morgan fingerprint density at radius 3 is 2.79 bits per heavy atom.